The Kier molecular flexibility index (Phi) is 0.725. The molecule has 0 bridgehead atoms. The second kappa shape index (κ2) is 1.34. The van der Waals surface area contributed by atoms with E-state index in [1.54, 1.807) is 5.57 Å². The van der Waals surface area contributed by atoms with E-state index in [4.69, 9.17) is 0 Å². The lowest BCUT2D eigenvalue weighted by Crippen LogP contribution is -2.05. The van der Waals surface area contributed by atoms with Crippen LogP contribution in [0.1, 0.15) is 32.1 Å². The van der Waals surface area contributed by atoms with E-state index < -0.39 is 0 Å². The maximum Gasteiger partial charge on any atom is 0.000320 e. The largest absolute Gasteiger partial charge is 0.0992 e. The Morgan fingerprint density at radius 3 is 1.70 bits per heavy atom. The van der Waals surface area contributed by atoms with Crippen molar-refractivity contribution in [2.24, 2.45) is 17.3 Å². The molecule has 54 valence electrons. The Morgan fingerprint density at radius 1 is 1.10 bits per heavy atom. The van der Waals surface area contributed by atoms with E-state index in [1.165, 1.54) is 32.1 Å². The predicted molar refractivity (Wildman–Crippen MR) is 41.6 cm³/mol. The molecule has 0 amide bonds. The highest BCUT2D eigenvalue weighted by atomic mass is 14.7. The molecule has 0 saturated heterocycles. The number of rotatable bonds is 2. The Hall–Kier alpha value is -0.260. The Bertz CT molecular complexity index is 182. The first-order valence-corrected chi connectivity index (χ1v) is 4.52. The summed E-state index contributed by atoms with van der Waals surface area (Å²) < 4.78 is 0. The molecule has 0 aromatic rings. The topological polar surface area (TPSA) is 0 Å². The van der Waals surface area contributed by atoms with Crippen molar-refractivity contribution in [2.75, 3.05) is 0 Å². The monoisotopic (exact) mass is 134 g/mol. The van der Waals surface area contributed by atoms with Crippen LogP contribution in [0.25, 0.3) is 0 Å². The minimum Gasteiger partial charge on any atom is -0.0992 e. The average molecular weight is 134 g/mol. The van der Waals surface area contributed by atoms with Crippen molar-refractivity contribution in [1.29, 1.82) is 0 Å². The summed E-state index contributed by atoms with van der Waals surface area (Å²) >= 11 is 0. The summed E-state index contributed by atoms with van der Waals surface area (Å²) in [7, 11) is 0. The van der Waals surface area contributed by atoms with Crippen LogP contribution < -0.4 is 0 Å². The van der Waals surface area contributed by atoms with Gasteiger partial charge in [0, 0.05) is 5.41 Å². The third kappa shape index (κ3) is 0.492. The molecule has 3 fully saturated rings. The van der Waals surface area contributed by atoms with Crippen molar-refractivity contribution >= 4 is 0 Å². The zero-order valence-corrected chi connectivity index (χ0v) is 6.40. The quantitative estimate of drug-likeness (QED) is 0.509. The van der Waals surface area contributed by atoms with Gasteiger partial charge in [0.15, 0.2) is 0 Å². The van der Waals surface area contributed by atoms with Crippen molar-refractivity contribution in [3.8, 4) is 0 Å². The van der Waals surface area contributed by atoms with Gasteiger partial charge in [-0.2, -0.15) is 0 Å². The second-order valence-corrected chi connectivity index (χ2v) is 4.37. The van der Waals surface area contributed by atoms with Gasteiger partial charge in [0.25, 0.3) is 0 Å². The van der Waals surface area contributed by atoms with Crippen LogP contribution in [0.3, 0.4) is 0 Å². The molecule has 0 aliphatic heterocycles. The van der Waals surface area contributed by atoms with Crippen molar-refractivity contribution in [3.63, 3.8) is 0 Å². The van der Waals surface area contributed by atoms with Crippen molar-refractivity contribution in [2.45, 2.75) is 32.1 Å². The maximum atomic E-state index is 4.14. The maximum absolute atomic E-state index is 4.14. The summed E-state index contributed by atoms with van der Waals surface area (Å²) in [5.41, 5.74) is 2.33. The van der Waals surface area contributed by atoms with Crippen LogP contribution in [0.5, 0.6) is 0 Å². The highest BCUT2D eigenvalue weighted by Gasteiger charge is 2.63. The highest BCUT2D eigenvalue weighted by molar-refractivity contribution is 5.36. The predicted octanol–water partition coefficient (Wildman–Crippen LogP) is 2.75. The highest BCUT2D eigenvalue weighted by Crippen LogP contribution is 2.73. The van der Waals surface area contributed by atoms with Gasteiger partial charge in [0.05, 0.1) is 0 Å². The molecule has 0 nitrogen and oxygen atoms in total. The smallest absolute Gasteiger partial charge is 0.000320 e. The summed E-state index contributed by atoms with van der Waals surface area (Å²) in [5, 5.41) is 0. The number of hydrogen-bond acceptors (Lipinski definition) is 0. The molecule has 3 aliphatic carbocycles. The Morgan fingerprint density at radius 2 is 1.50 bits per heavy atom. The van der Waals surface area contributed by atoms with Gasteiger partial charge in [-0.15, -0.1) is 0 Å². The molecule has 3 aliphatic rings. The molecule has 3 saturated carbocycles. The van der Waals surface area contributed by atoms with Crippen molar-refractivity contribution < 1.29 is 0 Å². The first kappa shape index (κ1) is 5.40. The van der Waals surface area contributed by atoms with Crippen molar-refractivity contribution in [1.82, 2.24) is 0 Å². The normalized spacial score (nSPS) is 36.2. The third-order valence-electron chi connectivity index (χ3n) is 3.65. The first-order chi connectivity index (χ1) is 4.84. The molecule has 0 spiro atoms. The molecule has 0 atom stereocenters. The number of allylic oxidation sites excluding steroid dienone is 1. The van der Waals surface area contributed by atoms with Crippen LogP contribution in [0.4, 0.5) is 0 Å². The van der Waals surface area contributed by atoms with Crippen molar-refractivity contribution in [3.05, 3.63) is 12.2 Å². The Labute approximate surface area is 62.3 Å². The van der Waals surface area contributed by atoms with Gasteiger partial charge in [-0.05, 0) is 43.9 Å². The zero-order chi connectivity index (χ0) is 6.77. The average Bonchev–Trinajstić information content (AvgIpc) is 2.71. The van der Waals surface area contributed by atoms with Gasteiger partial charge in [-0.1, -0.05) is 12.2 Å². The van der Waals surface area contributed by atoms with E-state index in [9.17, 15) is 0 Å². The lowest BCUT2D eigenvalue weighted by atomic mass is 9.93. The molecule has 0 unspecified atom stereocenters. The summed E-state index contributed by atoms with van der Waals surface area (Å²) in [4.78, 5) is 0. The van der Waals surface area contributed by atoms with Crippen LogP contribution in [-0.2, 0) is 0 Å². The lowest BCUT2D eigenvalue weighted by Gasteiger charge is -2.10. The SMILES string of the molecule is C=C1CC1(C1CC1)C1CC1. The second-order valence-electron chi connectivity index (χ2n) is 4.37. The van der Waals surface area contributed by atoms with E-state index in [1.807, 2.05) is 0 Å². The molecule has 0 heterocycles. The first-order valence-electron chi connectivity index (χ1n) is 4.52. The molecule has 0 radical (unpaired) electrons. The molecule has 3 rings (SSSR count). The fraction of sp³-hybridized carbons (Fsp3) is 0.800. The third-order valence-corrected chi connectivity index (χ3v) is 3.65. The summed E-state index contributed by atoms with van der Waals surface area (Å²) in [5.74, 6) is 2.18. The van der Waals surface area contributed by atoms with E-state index in [-0.39, 0.29) is 0 Å². The van der Waals surface area contributed by atoms with Gasteiger partial charge in [-0.25, -0.2) is 0 Å². The van der Waals surface area contributed by atoms with Gasteiger partial charge >= 0.3 is 0 Å². The minimum atomic E-state index is 0.736. The lowest BCUT2D eigenvalue weighted by molar-refractivity contribution is 0.404. The van der Waals surface area contributed by atoms with E-state index in [0.29, 0.717) is 0 Å². The molecule has 0 aromatic carbocycles. The fourth-order valence-electron chi connectivity index (χ4n) is 2.71. The Balaban J connectivity index is 1.89. The fourth-order valence-corrected chi connectivity index (χ4v) is 2.71. The zero-order valence-electron chi connectivity index (χ0n) is 6.40. The van der Waals surface area contributed by atoms with Gasteiger partial charge < -0.3 is 0 Å². The van der Waals surface area contributed by atoms with Crippen LogP contribution in [0, 0.1) is 17.3 Å². The summed E-state index contributed by atoms with van der Waals surface area (Å²) in [6.07, 6.45) is 7.43. The van der Waals surface area contributed by atoms with Crippen LogP contribution in [0.2, 0.25) is 0 Å². The number of hydrogen-bond donors (Lipinski definition) is 0. The van der Waals surface area contributed by atoms with Gasteiger partial charge in [0.2, 0.25) is 0 Å². The van der Waals surface area contributed by atoms with Gasteiger partial charge in [-0.3, -0.25) is 0 Å². The molecular weight excluding hydrogens is 120 g/mol. The standard InChI is InChI=1S/C10H14/c1-7-6-10(7,8-2-3-8)9-4-5-9/h8-9H,1-6H2. The molecule has 10 heavy (non-hydrogen) atoms. The van der Waals surface area contributed by atoms with E-state index in [0.717, 1.165) is 17.3 Å². The molecule has 0 heteroatoms. The molecule has 0 N–H and O–H groups in total. The van der Waals surface area contributed by atoms with Gasteiger partial charge in [0.1, 0.15) is 0 Å². The summed E-state index contributed by atoms with van der Waals surface area (Å²) in [6.45, 7) is 4.14. The molecule has 0 aromatic heterocycles. The minimum absolute atomic E-state index is 0.736. The molecular formula is C10H14. The van der Waals surface area contributed by atoms with Crippen LogP contribution >= 0.6 is 0 Å². The van der Waals surface area contributed by atoms with E-state index >= 15 is 0 Å². The van der Waals surface area contributed by atoms with Crippen LogP contribution in [0.15, 0.2) is 12.2 Å². The van der Waals surface area contributed by atoms with E-state index in [2.05, 4.69) is 6.58 Å². The summed E-state index contributed by atoms with van der Waals surface area (Å²) in [6, 6.07) is 0. The van der Waals surface area contributed by atoms with Crippen LogP contribution in [-0.4, -0.2) is 0 Å².